The molecule has 5 heteroatoms. The van der Waals surface area contributed by atoms with E-state index in [1.807, 2.05) is 0 Å². The summed E-state index contributed by atoms with van der Waals surface area (Å²) in [5, 5.41) is 3.38. The van der Waals surface area contributed by atoms with Gasteiger partial charge in [-0.15, -0.1) is 0 Å². The van der Waals surface area contributed by atoms with E-state index >= 15 is 0 Å². The van der Waals surface area contributed by atoms with E-state index in [9.17, 15) is 4.79 Å². The van der Waals surface area contributed by atoms with Crippen LogP contribution < -0.4 is 11.1 Å². The number of carbonyl (C=O) groups excluding carboxylic acids is 1. The van der Waals surface area contributed by atoms with Crippen LogP contribution in [0.25, 0.3) is 0 Å². The number of carbonyl (C=O) groups is 1. The van der Waals surface area contributed by atoms with Crippen LogP contribution in [0.5, 0.6) is 0 Å². The van der Waals surface area contributed by atoms with Crippen LogP contribution in [0.3, 0.4) is 0 Å². The Morgan fingerprint density at radius 1 is 1.58 bits per heavy atom. The number of nitrogens with two attached hydrogens (primary N) is 1. The zero-order valence-corrected chi connectivity index (χ0v) is 11.9. The van der Waals surface area contributed by atoms with Crippen molar-refractivity contribution in [3.05, 3.63) is 23.2 Å². The topological polar surface area (TPSA) is 58.4 Å². The Morgan fingerprint density at radius 3 is 3.05 bits per heavy atom. The van der Waals surface area contributed by atoms with Crippen molar-refractivity contribution in [2.45, 2.75) is 32.2 Å². The molecule has 1 aliphatic rings. The minimum atomic E-state index is -0.0203. The molecule has 1 aromatic carbocycles. The molecule has 0 bridgehead atoms. The molecule has 2 rings (SSSR count). The van der Waals surface area contributed by atoms with Gasteiger partial charge in [-0.05, 0) is 44.5 Å². The summed E-state index contributed by atoms with van der Waals surface area (Å²) in [7, 11) is 0. The van der Waals surface area contributed by atoms with E-state index in [0.717, 1.165) is 13.1 Å². The van der Waals surface area contributed by atoms with Crippen LogP contribution in [0.1, 0.15) is 26.2 Å². The summed E-state index contributed by atoms with van der Waals surface area (Å²) in [6, 6.07) is 5.66. The predicted octanol–water partition coefficient (Wildman–Crippen LogP) is 2.74. The number of rotatable bonds is 4. The zero-order valence-electron chi connectivity index (χ0n) is 11.2. The van der Waals surface area contributed by atoms with Crippen LogP contribution in [0.2, 0.25) is 5.02 Å². The number of benzene rings is 1. The van der Waals surface area contributed by atoms with Crippen molar-refractivity contribution >= 4 is 28.9 Å². The van der Waals surface area contributed by atoms with Crippen LogP contribution in [0.4, 0.5) is 11.4 Å². The van der Waals surface area contributed by atoms with Crippen LogP contribution in [0, 0.1) is 0 Å². The summed E-state index contributed by atoms with van der Waals surface area (Å²) in [4.78, 5) is 14.3. The van der Waals surface area contributed by atoms with E-state index < -0.39 is 0 Å². The Bertz CT molecular complexity index is 464. The minimum Gasteiger partial charge on any atom is -0.397 e. The molecule has 0 saturated carbocycles. The molecule has 1 amide bonds. The molecule has 1 atom stereocenters. The Morgan fingerprint density at radius 2 is 2.37 bits per heavy atom. The third-order valence-corrected chi connectivity index (χ3v) is 3.84. The highest BCUT2D eigenvalue weighted by Crippen LogP contribution is 2.23. The Hall–Kier alpha value is -1.26. The van der Waals surface area contributed by atoms with Crippen molar-refractivity contribution in [3.8, 4) is 0 Å². The molecule has 0 aliphatic carbocycles. The van der Waals surface area contributed by atoms with Gasteiger partial charge in [0, 0.05) is 24.0 Å². The molecule has 104 valence electrons. The van der Waals surface area contributed by atoms with Crippen molar-refractivity contribution < 1.29 is 4.79 Å². The monoisotopic (exact) mass is 281 g/mol. The fraction of sp³-hybridized carbons (Fsp3) is 0.500. The molecule has 4 nitrogen and oxygen atoms in total. The first-order valence-electron chi connectivity index (χ1n) is 6.65. The number of anilines is 2. The maximum absolute atomic E-state index is 11.9. The lowest BCUT2D eigenvalue weighted by atomic mass is 10.2. The van der Waals surface area contributed by atoms with Crippen LogP contribution in [-0.2, 0) is 4.79 Å². The quantitative estimate of drug-likeness (QED) is 0.835. The van der Waals surface area contributed by atoms with E-state index in [-0.39, 0.29) is 5.91 Å². The van der Waals surface area contributed by atoms with Gasteiger partial charge in [0.2, 0.25) is 5.91 Å². The second kappa shape index (κ2) is 6.26. The predicted molar refractivity (Wildman–Crippen MR) is 79.4 cm³/mol. The minimum absolute atomic E-state index is 0.0203. The first kappa shape index (κ1) is 14.2. The molecule has 0 aromatic heterocycles. The average Bonchev–Trinajstić information content (AvgIpc) is 2.77. The smallest absolute Gasteiger partial charge is 0.225 e. The summed E-state index contributed by atoms with van der Waals surface area (Å²) in [5.74, 6) is -0.0203. The highest BCUT2D eigenvalue weighted by atomic mass is 35.5. The molecular weight excluding hydrogens is 262 g/mol. The van der Waals surface area contributed by atoms with Crippen LogP contribution in [-0.4, -0.2) is 29.9 Å². The number of halogens is 1. The van der Waals surface area contributed by atoms with Gasteiger partial charge in [-0.1, -0.05) is 11.6 Å². The summed E-state index contributed by atoms with van der Waals surface area (Å²) in [6.45, 7) is 4.10. The summed E-state index contributed by atoms with van der Waals surface area (Å²) in [6.07, 6.45) is 2.93. The zero-order chi connectivity index (χ0) is 13.8. The van der Waals surface area contributed by atoms with E-state index in [4.69, 9.17) is 17.3 Å². The lowest BCUT2D eigenvalue weighted by Gasteiger charge is -2.20. The standard InChI is InChI=1S/C14H20ClN3O/c1-10-3-2-7-18(10)8-6-14(19)17-13-9-11(15)4-5-12(13)16/h4-5,9-10H,2-3,6-8,16H2,1H3,(H,17,19). The maximum Gasteiger partial charge on any atom is 0.225 e. The first-order chi connectivity index (χ1) is 9.06. The van der Waals surface area contributed by atoms with Gasteiger partial charge in [0.25, 0.3) is 0 Å². The fourth-order valence-electron chi connectivity index (χ4n) is 2.42. The summed E-state index contributed by atoms with van der Waals surface area (Å²) >= 11 is 5.88. The number of nitrogens with zero attached hydrogens (tertiary/aromatic N) is 1. The second-order valence-electron chi connectivity index (χ2n) is 5.06. The molecule has 1 unspecified atom stereocenters. The highest BCUT2D eigenvalue weighted by Gasteiger charge is 2.20. The van der Waals surface area contributed by atoms with Gasteiger partial charge in [-0.2, -0.15) is 0 Å². The fourth-order valence-corrected chi connectivity index (χ4v) is 2.59. The van der Waals surface area contributed by atoms with Gasteiger partial charge < -0.3 is 16.0 Å². The molecule has 1 heterocycles. The van der Waals surface area contributed by atoms with Gasteiger partial charge in [0.15, 0.2) is 0 Å². The van der Waals surface area contributed by atoms with Gasteiger partial charge in [0.1, 0.15) is 0 Å². The number of hydrogen-bond donors (Lipinski definition) is 2. The molecule has 1 aliphatic heterocycles. The van der Waals surface area contributed by atoms with Crippen molar-refractivity contribution in [1.82, 2.24) is 4.90 Å². The molecule has 1 fully saturated rings. The maximum atomic E-state index is 11.9. The number of likely N-dealkylation sites (tertiary alicyclic amines) is 1. The van der Waals surface area contributed by atoms with Gasteiger partial charge >= 0.3 is 0 Å². The van der Waals surface area contributed by atoms with Crippen molar-refractivity contribution in [2.75, 3.05) is 24.1 Å². The van der Waals surface area contributed by atoms with Crippen molar-refractivity contribution in [2.24, 2.45) is 0 Å². The number of nitrogen functional groups attached to an aromatic ring is 1. The number of amides is 1. The van der Waals surface area contributed by atoms with Crippen LogP contribution >= 0.6 is 11.6 Å². The SMILES string of the molecule is CC1CCCN1CCC(=O)Nc1cc(Cl)ccc1N. The molecule has 0 radical (unpaired) electrons. The third kappa shape index (κ3) is 3.85. The lowest BCUT2D eigenvalue weighted by Crippen LogP contribution is -2.30. The van der Waals surface area contributed by atoms with E-state index in [1.165, 1.54) is 12.8 Å². The van der Waals surface area contributed by atoms with Gasteiger partial charge in [0.05, 0.1) is 11.4 Å². The number of nitrogens with one attached hydrogen (secondary N) is 1. The lowest BCUT2D eigenvalue weighted by molar-refractivity contribution is -0.116. The molecule has 0 spiro atoms. The summed E-state index contributed by atoms with van der Waals surface area (Å²) < 4.78 is 0. The molecular formula is C14H20ClN3O. The van der Waals surface area contributed by atoms with Crippen LogP contribution in [0.15, 0.2) is 18.2 Å². The first-order valence-corrected chi connectivity index (χ1v) is 7.03. The Kier molecular flexibility index (Phi) is 4.66. The molecule has 1 saturated heterocycles. The van der Waals surface area contributed by atoms with Gasteiger partial charge in [-0.25, -0.2) is 0 Å². The summed E-state index contributed by atoms with van der Waals surface area (Å²) in [5.41, 5.74) is 6.92. The average molecular weight is 282 g/mol. The molecule has 19 heavy (non-hydrogen) atoms. The van der Waals surface area contributed by atoms with E-state index in [1.54, 1.807) is 18.2 Å². The van der Waals surface area contributed by atoms with E-state index in [2.05, 4.69) is 17.1 Å². The normalized spacial score (nSPS) is 19.6. The van der Waals surface area contributed by atoms with Crippen molar-refractivity contribution in [3.63, 3.8) is 0 Å². The Balaban J connectivity index is 1.85. The molecule has 1 aromatic rings. The second-order valence-corrected chi connectivity index (χ2v) is 5.49. The van der Waals surface area contributed by atoms with Gasteiger partial charge in [-0.3, -0.25) is 4.79 Å². The number of hydrogen-bond acceptors (Lipinski definition) is 3. The third-order valence-electron chi connectivity index (χ3n) is 3.61. The largest absolute Gasteiger partial charge is 0.397 e. The highest BCUT2D eigenvalue weighted by molar-refractivity contribution is 6.31. The van der Waals surface area contributed by atoms with E-state index in [0.29, 0.717) is 28.9 Å². The van der Waals surface area contributed by atoms with Crippen molar-refractivity contribution in [1.29, 1.82) is 0 Å². The molecule has 3 N–H and O–H groups in total. The Labute approximate surface area is 118 Å².